The Kier molecular flexibility index (Phi) is 6.09. The summed E-state index contributed by atoms with van der Waals surface area (Å²) in [6.45, 7) is -0.240. The molecule has 3 aromatic heterocycles. The van der Waals surface area contributed by atoms with Gasteiger partial charge in [-0.3, -0.25) is 9.78 Å². The summed E-state index contributed by atoms with van der Waals surface area (Å²) in [7, 11) is 0. The largest absolute Gasteiger partial charge is 0.417 e. The Balaban J connectivity index is 1.62. The van der Waals surface area contributed by atoms with Gasteiger partial charge in [0.1, 0.15) is 16.9 Å². The van der Waals surface area contributed by atoms with E-state index in [1.54, 1.807) is 36.4 Å². The maximum atomic E-state index is 14.9. The van der Waals surface area contributed by atoms with E-state index >= 15 is 0 Å². The molecule has 0 aliphatic rings. The standard InChI is InChI=1S/C25H16F4N6O2/c26-19-12-18(25(27,28)29)16(22-31-8-3-9-32-22)11-17(19)24(37)33-23-21-20(6-2-7-30-21)34-35(23)15-5-1-4-14(10-15)13-36/h1-12,36H,13H2,(H,33,37). The summed E-state index contributed by atoms with van der Waals surface area (Å²) in [4.78, 5) is 25.1. The Bertz CT molecular complexity index is 1620. The average Bonchev–Trinajstić information content (AvgIpc) is 3.26. The molecular formula is C25H16F4N6O2. The van der Waals surface area contributed by atoms with Crippen molar-refractivity contribution in [3.63, 3.8) is 0 Å². The molecule has 2 N–H and O–H groups in total. The van der Waals surface area contributed by atoms with E-state index in [0.29, 0.717) is 16.8 Å². The van der Waals surface area contributed by atoms with Crippen LogP contribution < -0.4 is 5.32 Å². The normalized spacial score (nSPS) is 11.6. The number of aliphatic hydroxyl groups is 1. The van der Waals surface area contributed by atoms with E-state index in [-0.39, 0.29) is 29.8 Å². The van der Waals surface area contributed by atoms with Crippen LogP contribution in [0.2, 0.25) is 0 Å². The van der Waals surface area contributed by atoms with Crippen molar-refractivity contribution in [2.45, 2.75) is 12.8 Å². The van der Waals surface area contributed by atoms with Crippen LogP contribution in [0.5, 0.6) is 0 Å². The molecule has 8 nitrogen and oxygen atoms in total. The summed E-state index contributed by atoms with van der Waals surface area (Å²) in [6.07, 6.45) is -0.969. The summed E-state index contributed by atoms with van der Waals surface area (Å²) in [5.74, 6) is -2.67. The second kappa shape index (κ2) is 9.39. The fourth-order valence-electron chi connectivity index (χ4n) is 3.78. The Morgan fingerprint density at radius 1 is 0.973 bits per heavy atom. The predicted octanol–water partition coefficient (Wildman–Crippen LogP) is 4.78. The quantitative estimate of drug-likeness (QED) is 0.331. The number of amides is 1. The third-order valence-corrected chi connectivity index (χ3v) is 5.46. The van der Waals surface area contributed by atoms with Crippen molar-refractivity contribution in [3.8, 4) is 17.1 Å². The number of hydrogen-bond acceptors (Lipinski definition) is 6. The maximum Gasteiger partial charge on any atom is 0.417 e. The monoisotopic (exact) mass is 508 g/mol. The van der Waals surface area contributed by atoms with Gasteiger partial charge >= 0.3 is 6.18 Å². The topological polar surface area (TPSA) is 106 Å². The molecule has 5 rings (SSSR count). The van der Waals surface area contributed by atoms with Crippen LogP contribution in [0.25, 0.3) is 28.1 Å². The molecule has 0 fully saturated rings. The first-order valence-corrected chi connectivity index (χ1v) is 10.8. The number of anilines is 1. The number of carbonyl (C=O) groups is 1. The van der Waals surface area contributed by atoms with E-state index in [0.717, 1.165) is 6.07 Å². The SMILES string of the molecule is O=C(Nc1c2ncccc2nn1-c1cccc(CO)c1)c1cc(-c2ncccn2)c(C(F)(F)F)cc1F. The molecule has 0 aliphatic carbocycles. The minimum absolute atomic E-state index is 0.0625. The van der Waals surface area contributed by atoms with E-state index in [4.69, 9.17) is 0 Å². The number of alkyl halides is 3. The number of fused-ring (bicyclic) bond motifs is 1. The molecule has 3 heterocycles. The molecule has 2 aromatic carbocycles. The Morgan fingerprint density at radius 3 is 2.46 bits per heavy atom. The first-order valence-electron chi connectivity index (χ1n) is 10.8. The number of nitrogens with one attached hydrogen (secondary N) is 1. The highest BCUT2D eigenvalue weighted by atomic mass is 19.4. The smallest absolute Gasteiger partial charge is 0.392 e. The van der Waals surface area contributed by atoms with E-state index < -0.39 is 34.6 Å². The van der Waals surface area contributed by atoms with Gasteiger partial charge < -0.3 is 10.4 Å². The first kappa shape index (κ1) is 24.0. The number of pyridine rings is 1. The molecule has 0 aliphatic heterocycles. The van der Waals surface area contributed by atoms with Crippen LogP contribution in [-0.2, 0) is 12.8 Å². The van der Waals surface area contributed by atoms with Gasteiger partial charge in [-0.2, -0.15) is 18.3 Å². The van der Waals surface area contributed by atoms with Crippen molar-refractivity contribution in [3.05, 3.63) is 95.7 Å². The fourth-order valence-corrected chi connectivity index (χ4v) is 3.78. The molecule has 5 aromatic rings. The van der Waals surface area contributed by atoms with Crippen molar-refractivity contribution in [2.24, 2.45) is 0 Å². The maximum absolute atomic E-state index is 14.9. The van der Waals surface area contributed by atoms with Gasteiger partial charge in [0.25, 0.3) is 5.91 Å². The molecular weight excluding hydrogens is 492 g/mol. The lowest BCUT2D eigenvalue weighted by molar-refractivity contribution is -0.137. The van der Waals surface area contributed by atoms with E-state index in [2.05, 4.69) is 25.4 Å². The van der Waals surface area contributed by atoms with Gasteiger partial charge in [0.15, 0.2) is 11.6 Å². The molecule has 186 valence electrons. The summed E-state index contributed by atoms with van der Waals surface area (Å²) >= 11 is 0. The molecule has 37 heavy (non-hydrogen) atoms. The third kappa shape index (κ3) is 4.61. The van der Waals surface area contributed by atoms with Crippen LogP contribution in [0.15, 0.2) is 73.2 Å². The molecule has 0 bridgehead atoms. The Labute approximate surface area is 206 Å². The lowest BCUT2D eigenvalue weighted by Gasteiger charge is -2.15. The zero-order valence-corrected chi connectivity index (χ0v) is 18.7. The van der Waals surface area contributed by atoms with Crippen molar-refractivity contribution in [2.75, 3.05) is 5.32 Å². The molecule has 0 saturated heterocycles. The second-order valence-corrected chi connectivity index (χ2v) is 7.86. The van der Waals surface area contributed by atoms with Crippen molar-refractivity contribution in [1.29, 1.82) is 0 Å². The number of rotatable bonds is 5. The van der Waals surface area contributed by atoms with E-state index in [1.807, 2.05) is 0 Å². The van der Waals surface area contributed by atoms with Gasteiger partial charge in [0.2, 0.25) is 0 Å². The van der Waals surface area contributed by atoms with Gasteiger partial charge in [-0.1, -0.05) is 12.1 Å². The van der Waals surface area contributed by atoms with Gasteiger partial charge in [0, 0.05) is 24.2 Å². The number of halogens is 4. The summed E-state index contributed by atoms with van der Waals surface area (Å²) < 4.78 is 57.3. The number of nitrogens with zero attached hydrogens (tertiary/aromatic N) is 5. The number of aromatic nitrogens is 5. The van der Waals surface area contributed by atoms with Gasteiger partial charge in [-0.15, -0.1) is 0 Å². The van der Waals surface area contributed by atoms with Gasteiger partial charge in [0.05, 0.1) is 23.4 Å². The van der Waals surface area contributed by atoms with Gasteiger partial charge in [-0.25, -0.2) is 19.0 Å². The highest BCUT2D eigenvalue weighted by Gasteiger charge is 2.36. The average molecular weight is 508 g/mol. The summed E-state index contributed by atoms with van der Waals surface area (Å²) in [5, 5.41) is 16.5. The summed E-state index contributed by atoms with van der Waals surface area (Å²) in [6, 6.07) is 12.4. The zero-order valence-electron chi connectivity index (χ0n) is 18.7. The molecule has 12 heteroatoms. The Hall–Kier alpha value is -4.71. The van der Waals surface area contributed by atoms with Crippen molar-refractivity contribution >= 4 is 22.8 Å². The first-order chi connectivity index (χ1) is 17.8. The fraction of sp³-hybridized carbons (Fsp3) is 0.0800. The van der Waals surface area contributed by atoms with Crippen LogP contribution in [0, 0.1) is 5.82 Å². The van der Waals surface area contributed by atoms with Crippen molar-refractivity contribution < 1.29 is 27.5 Å². The molecule has 0 radical (unpaired) electrons. The molecule has 1 amide bonds. The highest BCUT2D eigenvalue weighted by Crippen LogP contribution is 2.37. The zero-order chi connectivity index (χ0) is 26.2. The molecule has 0 spiro atoms. The predicted molar refractivity (Wildman–Crippen MR) is 125 cm³/mol. The summed E-state index contributed by atoms with van der Waals surface area (Å²) in [5.41, 5.74) is -0.814. The lowest BCUT2D eigenvalue weighted by atomic mass is 10.0. The van der Waals surface area contributed by atoms with E-state index in [1.165, 1.54) is 29.3 Å². The third-order valence-electron chi connectivity index (χ3n) is 5.46. The highest BCUT2D eigenvalue weighted by molar-refractivity contribution is 6.08. The Morgan fingerprint density at radius 2 is 1.73 bits per heavy atom. The second-order valence-electron chi connectivity index (χ2n) is 7.86. The lowest BCUT2D eigenvalue weighted by Crippen LogP contribution is -2.19. The van der Waals surface area contributed by atoms with Crippen molar-refractivity contribution in [1.82, 2.24) is 24.7 Å². The number of hydrogen-bond donors (Lipinski definition) is 2. The van der Waals surface area contributed by atoms with Crippen LogP contribution in [0.1, 0.15) is 21.5 Å². The van der Waals surface area contributed by atoms with Crippen LogP contribution in [0.3, 0.4) is 0 Å². The van der Waals surface area contributed by atoms with Gasteiger partial charge in [-0.05, 0) is 48.0 Å². The van der Waals surface area contributed by atoms with Crippen LogP contribution >= 0.6 is 0 Å². The minimum Gasteiger partial charge on any atom is -0.392 e. The molecule has 0 saturated carbocycles. The van der Waals surface area contributed by atoms with E-state index in [9.17, 15) is 27.5 Å². The number of benzene rings is 2. The molecule has 0 atom stereocenters. The van der Waals surface area contributed by atoms with Crippen LogP contribution in [0.4, 0.5) is 23.4 Å². The number of carbonyl (C=O) groups excluding carboxylic acids is 1. The number of aliphatic hydroxyl groups excluding tert-OH is 1. The molecule has 0 unspecified atom stereocenters. The van der Waals surface area contributed by atoms with Crippen LogP contribution in [-0.4, -0.2) is 35.7 Å². The minimum atomic E-state index is -4.92.